The number of anilines is 1. The van der Waals surface area contributed by atoms with Crippen molar-refractivity contribution >= 4 is 18.0 Å². The Morgan fingerprint density at radius 1 is 1.08 bits per heavy atom. The number of hydrogen-bond donors (Lipinski definition) is 1. The second-order valence-corrected chi connectivity index (χ2v) is 6.49. The minimum atomic E-state index is 0.601. The minimum absolute atomic E-state index is 0.601. The fourth-order valence-corrected chi connectivity index (χ4v) is 3.59. The summed E-state index contributed by atoms with van der Waals surface area (Å²) in [4.78, 5) is 4.01. The van der Waals surface area contributed by atoms with Gasteiger partial charge in [-0.25, -0.2) is 0 Å². The fourth-order valence-electron chi connectivity index (χ4n) is 3.59. The van der Waals surface area contributed by atoms with Gasteiger partial charge in [0.25, 0.3) is 0 Å². The number of benzene rings is 1. The first-order valence-electron chi connectivity index (χ1n) is 8.78. The lowest BCUT2D eigenvalue weighted by Gasteiger charge is -2.19. The Hall–Kier alpha value is -2.35. The second kappa shape index (κ2) is 7.96. The number of fused-ring (bicyclic) bond motifs is 2. The Balaban J connectivity index is 1.63. The number of aliphatic imine (C=N–C) groups is 1. The highest BCUT2D eigenvalue weighted by Gasteiger charge is 2.37. The molecule has 0 amide bonds. The summed E-state index contributed by atoms with van der Waals surface area (Å²) in [5, 5.41) is 3.72. The first-order chi connectivity index (χ1) is 11.8. The Morgan fingerprint density at radius 2 is 1.79 bits per heavy atom. The van der Waals surface area contributed by atoms with E-state index in [0.29, 0.717) is 6.04 Å². The molecule has 124 valence electrons. The standard InChI is InChI=1S/C22H26N2/c1-3-4-17(15-16-23-2)5-6-18-7-13-21(14-8-18)24-22-19-9-10-20(22)12-11-19/h3-10,13-16,19-20,22,24H,11-12H2,1-2H3/b4-3-,6-5+,17-15+,23-16+. The number of nitrogens with zero attached hydrogens (tertiary/aromatic N) is 1. The molecular formula is C22H26N2. The summed E-state index contributed by atoms with van der Waals surface area (Å²) in [5.41, 5.74) is 3.57. The molecule has 0 aliphatic heterocycles. The van der Waals surface area contributed by atoms with Crippen LogP contribution >= 0.6 is 0 Å². The Kier molecular flexibility index (Phi) is 5.47. The van der Waals surface area contributed by atoms with Gasteiger partial charge in [0.2, 0.25) is 0 Å². The molecule has 2 bridgehead atoms. The van der Waals surface area contributed by atoms with Gasteiger partial charge in [-0.15, -0.1) is 0 Å². The summed E-state index contributed by atoms with van der Waals surface area (Å²) in [6.45, 7) is 2.02. The van der Waals surface area contributed by atoms with E-state index in [2.05, 4.69) is 65.0 Å². The van der Waals surface area contributed by atoms with Gasteiger partial charge in [-0.2, -0.15) is 0 Å². The largest absolute Gasteiger partial charge is 0.381 e. The summed E-state index contributed by atoms with van der Waals surface area (Å²) in [7, 11) is 1.78. The van der Waals surface area contributed by atoms with E-state index in [1.807, 2.05) is 25.3 Å². The molecule has 2 aliphatic carbocycles. The quantitative estimate of drug-likeness (QED) is 0.431. The predicted octanol–water partition coefficient (Wildman–Crippen LogP) is 5.28. The van der Waals surface area contributed by atoms with Crippen LogP contribution in [0.25, 0.3) is 6.08 Å². The Labute approximate surface area is 145 Å². The van der Waals surface area contributed by atoms with E-state index in [1.165, 1.54) is 24.1 Å². The van der Waals surface area contributed by atoms with Gasteiger partial charge in [0.15, 0.2) is 0 Å². The van der Waals surface area contributed by atoms with Crippen LogP contribution < -0.4 is 5.32 Å². The second-order valence-electron chi connectivity index (χ2n) is 6.49. The lowest BCUT2D eigenvalue weighted by Crippen LogP contribution is -2.24. The van der Waals surface area contributed by atoms with E-state index >= 15 is 0 Å². The summed E-state index contributed by atoms with van der Waals surface area (Å²) < 4.78 is 0. The van der Waals surface area contributed by atoms with Crippen molar-refractivity contribution in [3.8, 4) is 0 Å². The molecule has 0 heterocycles. The summed E-state index contributed by atoms with van der Waals surface area (Å²) in [6.07, 6.45) is 19.6. The predicted molar refractivity (Wildman–Crippen MR) is 106 cm³/mol. The molecule has 1 fully saturated rings. The highest BCUT2D eigenvalue weighted by molar-refractivity contribution is 5.75. The van der Waals surface area contributed by atoms with E-state index in [1.54, 1.807) is 7.05 Å². The van der Waals surface area contributed by atoms with Gasteiger partial charge >= 0.3 is 0 Å². The van der Waals surface area contributed by atoms with Crippen molar-refractivity contribution < 1.29 is 0 Å². The summed E-state index contributed by atoms with van der Waals surface area (Å²) in [6, 6.07) is 9.31. The fraction of sp³-hybridized carbons (Fsp3) is 0.318. The highest BCUT2D eigenvalue weighted by atomic mass is 14.9. The monoisotopic (exact) mass is 318 g/mol. The van der Waals surface area contributed by atoms with Crippen LogP contribution in [0.4, 0.5) is 5.69 Å². The van der Waals surface area contributed by atoms with E-state index in [4.69, 9.17) is 0 Å². The molecule has 1 N–H and O–H groups in total. The van der Waals surface area contributed by atoms with Gasteiger partial charge in [0.1, 0.15) is 0 Å². The molecular weight excluding hydrogens is 292 g/mol. The molecule has 2 aliphatic rings. The first kappa shape index (κ1) is 16.5. The number of nitrogens with one attached hydrogen (secondary N) is 1. The lowest BCUT2D eigenvalue weighted by molar-refractivity contribution is 0.599. The molecule has 0 radical (unpaired) electrons. The third-order valence-electron chi connectivity index (χ3n) is 4.85. The van der Waals surface area contributed by atoms with Gasteiger partial charge in [0.05, 0.1) is 0 Å². The lowest BCUT2D eigenvalue weighted by atomic mass is 10.1. The molecule has 1 aromatic carbocycles. The van der Waals surface area contributed by atoms with Crippen LogP contribution in [0.1, 0.15) is 25.3 Å². The third-order valence-corrected chi connectivity index (χ3v) is 4.85. The zero-order valence-electron chi connectivity index (χ0n) is 14.5. The Morgan fingerprint density at radius 3 is 2.38 bits per heavy atom. The van der Waals surface area contributed by atoms with Crippen LogP contribution in [-0.2, 0) is 0 Å². The van der Waals surface area contributed by atoms with Gasteiger partial charge in [-0.3, -0.25) is 4.99 Å². The minimum Gasteiger partial charge on any atom is -0.381 e. The van der Waals surface area contributed by atoms with E-state index in [9.17, 15) is 0 Å². The molecule has 0 spiro atoms. The van der Waals surface area contributed by atoms with Gasteiger partial charge in [0, 0.05) is 25.0 Å². The van der Waals surface area contributed by atoms with E-state index < -0.39 is 0 Å². The maximum atomic E-state index is 4.01. The van der Waals surface area contributed by atoms with Crippen molar-refractivity contribution in [3.63, 3.8) is 0 Å². The molecule has 2 heteroatoms. The van der Waals surface area contributed by atoms with Crippen molar-refractivity contribution in [2.75, 3.05) is 12.4 Å². The SMILES string of the molecule is C\C=C/C(/C=C/c1ccc(NC2C3C=CC2CC3)cc1)=C\C=N\C. The van der Waals surface area contributed by atoms with E-state index in [0.717, 1.165) is 17.4 Å². The van der Waals surface area contributed by atoms with Crippen LogP contribution in [0.5, 0.6) is 0 Å². The first-order valence-corrected chi connectivity index (χ1v) is 8.78. The molecule has 0 saturated heterocycles. The summed E-state index contributed by atoms with van der Waals surface area (Å²) in [5.74, 6) is 1.45. The molecule has 1 saturated carbocycles. The highest BCUT2D eigenvalue weighted by Crippen LogP contribution is 2.40. The molecule has 2 nitrogen and oxygen atoms in total. The van der Waals surface area contributed by atoms with Crippen LogP contribution in [-0.4, -0.2) is 19.3 Å². The maximum Gasteiger partial charge on any atom is 0.0386 e. The number of rotatable bonds is 6. The molecule has 2 atom stereocenters. The smallest absolute Gasteiger partial charge is 0.0386 e. The van der Waals surface area contributed by atoms with Gasteiger partial charge in [-0.1, -0.05) is 48.6 Å². The zero-order valence-corrected chi connectivity index (χ0v) is 14.5. The number of allylic oxidation sites excluding steroid dienone is 5. The molecule has 0 aromatic heterocycles. The number of hydrogen-bond acceptors (Lipinski definition) is 2. The zero-order chi connectivity index (χ0) is 16.8. The van der Waals surface area contributed by atoms with Crippen LogP contribution in [0, 0.1) is 11.8 Å². The van der Waals surface area contributed by atoms with Crippen LogP contribution in [0.2, 0.25) is 0 Å². The van der Waals surface area contributed by atoms with Crippen molar-refractivity contribution in [2.24, 2.45) is 16.8 Å². The van der Waals surface area contributed by atoms with Crippen molar-refractivity contribution in [2.45, 2.75) is 25.8 Å². The molecule has 2 unspecified atom stereocenters. The Bertz CT molecular complexity index is 675. The molecule has 3 rings (SSSR count). The van der Waals surface area contributed by atoms with Crippen LogP contribution in [0.3, 0.4) is 0 Å². The summed E-state index contributed by atoms with van der Waals surface area (Å²) >= 11 is 0. The van der Waals surface area contributed by atoms with Gasteiger partial charge < -0.3 is 5.32 Å². The molecule has 24 heavy (non-hydrogen) atoms. The topological polar surface area (TPSA) is 24.4 Å². The van der Waals surface area contributed by atoms with Crippen molar-refractivity contribution in [3.05, 3.63) is 71.9 Å². The van der Waals surface area contributed by atoms with E-state index in [-0.39, 0.29) is 0 Å². The maximum absolute atomic E-state index is 4.01. The van der Waals surface area contributed by atoms with Crippen LogP contribution in [0.15, 0.2) is 71.3 Å². The molecule has 1 aromatic rings. The average Bonchev–Trinajstić information content (AvgIpc) is 3.18. The normalized spacial score (nSPS) is 26.4. The van der Waals surface area contributed by atoms with Gasteiger partial charge in [-0.05, 0) is 60.9 Å². The average molecular weight is 318 g/mol. The third kappa shape index (κ3) is 3.94. The van der Waals surface area contributed by atoms with Crippen molar-refractivity contribution in [1.82, 2.24) is 0 Å². The van der Waals surface area contributed by atoms with Crippen molar-refractivity contribution in [1.29, 1.82) is 0 Å².